The van der Waals surface area contributed by atoms with Crippen LogP contribution in [-0.4, -0.2) is 72.0 Å². The van der Waals surface area contributed by atoms with Gasteiger partial charge in [0.1, 0.15) is 6.54 Å². The summed E-state index contributed by atoms with van der Waals surface area (Å²) in [5.74, 6) is 0.422. The summed E-state index contributed by atoms with van der Waals surface area (Å²) in [4.78, 5) is 30.6. The van der Waals surface area contributed by atoms with Crippen LogP contribution in [0, 0.1) is 0 Å². The molecule has 0 aromatic heterocycles. The van der Waals surface area contributed by atoms with Crippen LogP contribution in [0.25, 0.3) is 5.70 Å². The fourth-order valence-electron chi connectivity index (χ4n) is 2.77. The summed E-state index contributed by atoms with van der Waals surface area (Å²) in [6.45, 7) is 3.37. The first kappa shape index (κ1) is 16.1. The van der Waals surface area contributed by atoms with Crippen molar-refractivity contribution in [3.8, 4) is 0 Å². The first-order valence-corrected chi connectivity index (χ1v) is 8.84. The average molecular weight is 331 g/mol. The molecule has 0 N–H and O–H groups in total. The maximum atomic E-state index is 12.6. The lowest BCUT2D eigenvalue weighted by Gasteiger charge is -2.35. The van der Waals surface area contributed by atoms with Crippen LogP contribution in [0.15, 0.2) is 35.7 Å². The highest BCUT2D eigenvalue weighted by Crippen LogP contribution is 2.28. The number of carbonyl (C=O) groups is 2. The Morgan fingerprint density at radius 1 is 1.13 bits per heavy atom. The summed E-state index contributed by atoms with van der Waals surface area (Å²) in [5.41, 5.74) is 1.80. The number of rotatable bonds is 3. The van der Waals surface area contributed by atoms with Crippen molar-refractivity contribution in [2.45, 2.75) is 0 Å². The van der Waals surface area contributed by atoms with Crippen LogP contribution in [0.1, 0.15) is 5.56 Å². The van der Waals surface area contributed by atoms with Gasteiger partial charge in [-0.2, -0.15) is 0 Å². The zero-order valence-electron chi connectivity index (χ0n) is 13.3. The monoisotopic (exact) mass is 331 g/mol. The quantitative estimate of drug-likeness (QED) is 0.838. The summed E-state index contributed by atoms with van der Waals surface area (Å²) in [6, 6.07) is 9.78. The van der Waals surface area contributed by atoms with Crippen LogP contribution in [0.3, 0.4) is 0 Å². The summed E-state index contributed by atoms with van der Waals surface area (Å²) >= 11 is 1.49. The van der Waals surface area contributed by atoms with Crippen LogP contribution in [0.5, 0.6) is 0 Å². The van der Waals surface area contributed by atoms with E-state index >= 15 is 0 Å². The molecule has 2 aliphatic rings. The minimum Gasteiger partial charge on any atom is -0.339 e. The van der Waals surface area contributed by atoms with Crippen molar-refractivity contribution in [2.75, 3.05) is 45.5 Å². The fraction of sp³-hybridized carbons (Fsp3) is 0.412. The molecule has 0 spiro atoms. The van der Waals surface area contributed by atoms with E-state index in [-0.39, 0.29) is 18.4 Å². The van der Waals surface area contributed by atoms with E-state index in [9.17, 15) is 9.59 Å². The lowest BCUT2D eigenvalue weighted by Crippen LogP contribution is -2.50. The number of hydrogen-bond acceptors (Lipinski definition) is 4. The second-order valence-corrected chi connectivity index (χ2v) is 6.70. The van der Waals surface area contributed by atoms with Crippen molar-refractivity contribution in [1.29, 1.82) is 0 Å². The predicted octanol–water partition coefficient (Wildman–Crippen LogP) is 1.33. The number of piperazine rings is 1. The summed E-state index contributed by atoms with van der Waals surface area (Å²) in [6.07, 6.45) is 0. The Balaban J connectivity index is 1.73. The van der Waals surface area contributed by atoms with E-state index in [0.29, 0.717) is 5.75 Å². The Bertz CT molecular complexity index is 610. The van der Waals surface area contributed by atoms with E-state index in [1.807, 2.05) is 40.6 Å². The van der Waals surface area contributed by atoms with E-state index in [2.05, 4.69) is 11.9 Å². The highest BCUT2D eigenvalue weighted by molar-refractivity contribution is 8.03. The molecule has 0 unspecified atom stereocenters. The Morgan fingerprint density at radius 2 is 1.83 bits per heavy atom. The predicted molar refractivity (Wildman–Crippen MR) is 92.7 cm³/mol. The van der Waals surface area contributed by atoms with Gasteiger partial charge in [-0.05, 0) is 18.0 Å². The van der Waals surface area contributed by atoms with Crippen molar-refractivity contribution in [3.05, 3.63) is 41.3 Å². The maximum absolute atomic E-state index is 12.6. The van der Waals surface area contributed by atoms with Gasteiger partial charge in [-0.3, -0.25) is 9.59 Å². The van der Waals surface area contributed by atoms with Gasteiger partial charge >= 0.3 is 0 Å². The Kier molecular flexibility index (Phi) is 5.03. The third-order valence-corrected chi connectivity index (χ3v) is 5.02. The molecule has 0 aliphatic carbocycles. The number of likely N-dealkylation sites (N-methyl/N-ethyl adjacent to an activating group) is 1. The zero-order valence-corrected chi connectivity index (χ0v) is 14.1. The maximum Gasteiger partial charge on any atom is 0.242 e. The molecular formula is C17H21N3O2S. The second-order valence-electron chi connectivity index (χ2n) is 5.84. The number of benzene rings is 1. The lowest BCUT2D eigenvalue weighted by atomic mass is 10.1. The van der Waals surface area contributed by atoms with Crippen molar-refractivity contribution < 1.29 is 9.59 Å². The molecule has 23 heavy (non-hydrogen) atoms. The second kappa shape index (κ2) is 7.19. The number of amides is 2. The normalized spacial score (nSPS) is 19.7. The van der Waals surface area contributed by atoms with Gasteiger partial charge in [-0.15, -0.1) is 11.8 Å². The summed E-state index contributed by atoms with van der Waals surface area (Å²) in [5, 5.41) is 1.98. The first-order valence-electron chi connectivity index (χ1n) is 7.79. The Morgan fingerprint density at radius 3 is 2.52 bits per heavy atom. The molecule has 0 radical (unpaired) electrons. The molecule has 5 nitrogen and oxygen atoms in total. The van der Waals surface area contributed by atoms with E-state index in [1.165, 1.54) is 11.8 Å². The Hall–Kier alpha value is -1.79. The molecule has 6 heteroatoms. The van der Waals surface area contributed by atoms with Gasteiger partial charge in [0, 0.05) is 26.2 Å². The van der Waals surface area contributed by atoms with Crippen molar-refractivity contribution in [1.82, 2.24) is 14.7 Å². The van der Waals surface area contributed by atoms with Crippen molar-refractivity contribution in [3.63, 3.8) is 0 Å². The standard InChI is InChI=1S/C17H21N3O2S/c1-18-7-9-19(10-8-18)16(21)11-20-15(12-23-13-17(20)22)14-5-3-2-4-6-14/h2-6,12H,7-11,13H2,1H3. The molecule has 0 bridgehead atoms. The van der Waals surface area contributed by atoms with Gasteiger partial charge in [-0.1, -0.05) is 30.3 Å². The van der Waals surface area contributed by atoms with Crippen LogP contribution in [-0.2, 0) is 9.59 Å². The third kappa shape index (κ3) is 3.76. The molecule has 2 heterocycles. The van der Waals surface area contributed by atoms with E-state index in [4.69, 9.17) is 0 Å². The van der Waals surface area contributed by atoms with Gasteiger partial charge in [0.25, 0.3) is 0 Å². The molecule has 1 aromatic carbocycles. The first-order chi connectivity index (χ1) is 11.1. The van der Waals surface area contributed by atoms with E-state index < -0.39 is 0 Å². The van der Waals surface area contributed by atoms with E-state index in [1.54, 1.807) is 4.90 Å². The molecule has 3 rings (SSSR count). The SMILES string of the molecule is CN1CCN(C(=O)CN2C(=O)CSC=C2c2ccccc2)CC1. The van der Waals surface area contributed by atoms with Crippen LogP contribution >= 0.6 is 11.8 Å². The zero-order chi connectivity index (χ0) is 16.2. The molecule has 1 aromatic rings. The number of carbonyl (C=O) groups excluding carboxylic acids is 2. The minimum atomic E-state index is -0.00108. The third-order valence-electron chi connectivity index (χ3n) is 4.21. The highest BCUT2D eigenvalue weighted by atomic mass is 32.2. The molecule has 1 saturated heterocycles. The number of thioether (sulfide) groups is 1. The summed E-state index contributed by atoms with van der Waals surface area (Å²) < 4.78 is 0. The summed E-state index contributed by atoms with van der Waals surface area (Å²) in [7, 11) is 2.06. The highest BCUT2D eigenvalue weighted by Gasteiger charge is 2.28. The number of hydrogen-bond donors (Lipinski definition) is 0. The van der Waals surface area contributed by atoms with Crippen molar-refractivity contribution in [2.24, 2.45) is 0 Å². The van der Waals surface area contributed by atoms with Crippen molar-refractivity contribution >= 4 is 29.3 Å². The lowest BCUT2D eigenvalue weighted by molar-refractivity contribution is -0.137. The van der Waals surface area contributed by atoms with Crippen LogP contribution < -0.4 is 0 Å². The molecule has 2 aliphatic heterocycles. The molecule has 1 fully saturated rings. The van der Waals surface area contributed by atoms with Crippen LogP contribution in [0.4, 0.5) is 0 Å². The smallest absolute Gasteiger partial charge is 0.242 e. The van der Waals surface area contributed by atoms with Gasteiger partial charge in [0.05, 0.1) is 11.4 Å². The van der Waals surface area contributed by atoms with E-state index in [0.717, 1.165) is 37.4 Å². The molecule has 122 valence electrons. The Labute approximate surface area is 140 Å². The topological polar surface area (TPSA) is 43.9 Å². The molecular weight excluding hydrogens is 310 g/mol. The average Bonchev–Trinajstić information content (AvgIpc) is 2.58. The van der Waals surface area contributed by atoms with Gasteiger partial charge in [-0.25, -0.2) is 0 Å². The number of nitrogens with zero attached hydrogens (tertiary/aromatic N) is 3. The largest absolute Gasteiger partial charge is 0.339 e. The fourth-order valence-corrected chi connectivity index (χ4v) is 3.57. The van der Waals surface area contributed by atoms with Gasteiger partial charge < -0.3 is 14.7 Å². The molecule has 0 saturated carbocycles. The minimum absolute atomic E-state index is 0.00108. The molecule has 0 atom stereocenters. The van der Waals surface area contributed by atoms with Gasteiger partial charge in [0.15, 0.2) is 0 Å². The van der Waals surface area contributed by atoms with Crippen LogP contribution in [0.2, 0.25) is 0 Å². The molecule has 2 amide bonds. The van der Waals surface area contributed by atoms with Gasteiger partial charge in [0.2, 0.25) is 11.8 Å².